The molecule has 0 aromatic heterocycles. The number of hydrogen-bond donors (Lipinski definition) is 1. The number of halogens is 1. The lowest BCUT2D eigenvalue weighted by Gasteiger charge is -2.30. The molecule has 1 aliphatic rings. The van der Waals surface area contributed by atoms with E-state index in [-0.39, 0.29) is 0 Å². The highest BCUT2D eigenvalue weighted by atomic mass is 35.5. The van der Waals surface area contributed by atoms with Crippen LogP contribution in [0.5, 0.6) is 5.75 Å². The van der Waals surface area contributed by atoms with Crippen LogP contribution >= 0.6 is 11.6 Å². The summed E-state index contributed by atoms with van der Waals surface area (Å²) in [6.07, 6.45) is 2.34. The summed E-state index contributed by atoms with van der Waals surface area (Å²) in [5.74, 6) is 0.816. The number of benzene rings is 1. The molecule has 4 heteroatoms. The molecule has 0 radical (unpaired) electrons. The molecule has 1 N–H and O–H groups in total. The van der Waals surface area contributed by atoms with Gasteiger partial charge in [0, 0.05) is 17.1 Å². The second-order valence-corrected chi connectivity index (χ2v) is 5.00. The molecule has 1 fully saturated rings. The van der Waals surface area contributed by atoms with Gasteiger partial charge in [0.2, 0.25) is 0 Å². The van der Waals surface area contributed by atoms with E-state index < -0.39 is 0 Å². The fourth-order valence-electron chi connectivity index (χ4n) is 2.16. The summed E-state index contributed by atoms with van der Waals surface area (Å²) < 4.78 is 5.33. The predicted molar refractivity (Wildman–Crippen MR) is 72.1 cm³/mol. The van der Waals surface area contributed by atoms with Crippen LogP contribution in [0.3, 0.4) is 0 Å². The number of hydrogen-bond acceptors (Lipinski definition) is 3. The molecule has 2 rings (SSSR count). The van der Waals surface area contributed by atoms with Gasteiger partial charge >= 0.3 is 0 Å². The first-order chi connectivity index (χ1) is 8.19. The van der Waals surface area contributed by atoms with Crippen molar-refractivity contribution in [3.63, 3.8) is 0 Å². The Hall–Kier alpha value is -0.930. The molecule has 0 saturated carbocycles. The molecule has 1 aromatic carbocycles. The summed E-state index contributed by atoms with van der Waals surface area (Å²) in [7, 11) is 3.84. The first-order valence-corrected chi connectivity index (χ1v) is 6.35. The molecule has 0 spiro atoms. The van der Waals surface area contributed by atoms with Gasteiger partial charge < -0.3 is 15.0 Å². The molecule has 0 unspecified atom stereocenters. The van der Waals surface area contributed by atoms with Crippen LogP contribution in [0.4, 0.5) is 5.69 Å². The van der Waals surface area contributed by atoms with Gasteiger partial charge in [0.1, 0.15) is 5.75 Å². The van der Waals surface area contributed by atoms with Crippen molar-refractivity contribution < 1.29 is 4.74 Å². The smallest absolute Gasteiger partial charge is 0.143 e. The highest BCUT2D eigenvalue weighted by molar-refractivity contribution is 6.30. The van der Waals surface area contributed by atoms with E-state index in [1.165, 1.54) is 12.8 Å². The van der Waals surface area contributed by atoms with Crippen LogP contribution in [0, 0.1) is 0 Å². The van der Waals surface area contributed by atoms with Crippen molar-refractivity contribution >= 4 is 17.3 Å². The topological polar surface area (TPSA) is 24.5 Å². The summed E-state index contributed by atoms with van der Waals surface area (Å²) in [5, 5.41) is 4.24. The minimum Gasteiger partial charge on any atom is -0.495 e. The lowest BCUT2D eigenvalue weighted by molar-refractivity contribution is 0.263. The van der Waals surface area contributed by atoms with E-state index in [4.69, 9.17) is 16.3 Å². The zero-order valence-electron chi connectivity index (χ0n) is 10.4. The third-order valence-corrected chi connectivity index (χ3v) is 3.48. The number of methoxy groups -OCH3 is 1. The van der Waals surface area contributed by atoms with Crippen LogP contribution in [-0.4, -0.2) is 38.2 Å². The van der Waals surface area contributed by atoms with E-state index in [2.05, 4.69) is 17.3 Å². The van der Waals surface area contributed by atoms with Crippen molar-refractivity contribution in [2.24, 2.45) is 0 Å². The number of nitrogens with one attached hydrogen (secondary N) is 1. The molecule has 1 heterocycles. The molecule has 1 saturated heterocycles. The fraction of sp³-hybridized carbons (Fsp3) is 0.538. The van der Waals surface area contributed by atoms with Gasteiger partial charge in [-0.2, -0.15) is 0 Å². The zero-order chi connectivity index (χ0) is 12.3. The molecular weight excluding hydrogens is 236 g/mol. The number of nitrogens with zero attached hydrogens (tertiary/aromatic N) is 1. The van der Waals surface area contributed by atoms with Crippen LogP contribution in [0.15, 0.2) is 18.2 Å². The Morgan fingerprint density at radius 2 is 2.06 bits per heavy atom. The van der Waals surface area contributed by atoms with E-state index in [0.29, 0.717) is 11.1 Å². The molecule has 0 aliphatic carbocycles. The van der Waals surface area contributed by atoms with Crippen LogP contribution in [0.2, 0.25) is 5.02 Å². The molecule has 0 amide bonds. The highest BCUT2D eigenvalue weighted by Crippen LogP contribution is 2.29. The van der Waals surface area contributed by atoms with Crippen LogP contribution in [0.25, 0.3) is 0 Å². The summed E-state index contributed by atoms with van der Waals surface area (Å²) in [6, 6.07) is 6.25. The molecule has 0 bridgehead atoms. The average Bonchev–Trinajstić information content (AvgIpc) is 2.34. The largest absolute Gasteiger partial charge is 0.495 e. The first-order valence-electron chi connectivity index (χ1n) is 5.97. The SMILES string of the molecule is COc1cc(Cl)ccc1NC1CCN(C)CC1. The molecule has 1 aromatic rings. The van der Waals surface area contributed by atoms with Crippen molar-refractivity contribution in [3.05, 3.63) is 23.2 Å². The first kappa shape index (κ1) is 12.5. The second-order valence-electron chi connectivity index (χ2n) is 4.57. The van der Waals surface area contributed by atoms with Gasteiger partial charge in [-0.25, -0.2) is 0 Å². The quantitative estimate of drug-likeness (QED) is 0.898. The molecule has 3 nitrogen and oxygen atoms in total. The van der Waals surface area contributed by atoms with Gasteiger partial charge in [-0.05, 0) is 45.1 Å². The Morgan fingerprint density at radius 3 is 2.71 bits per heavy atom. The molecular formula is C13H19ClN2O. The molecule has 94 valence electrons. The number of ether oxygens (including phenoxy) is 1. The van der Waals surface area contributed by atoms with Gasteiger partial charge in [0.25, 0.3) is 0 Å². The van der Waals surface area contributed by atoms with E-state index in [1.54, 1.807) is 7.11 Å². The standard InChI is InChI=1S/C13H19ClN2O/c1-16-7-5-11(6-8-16)15-12-4-3-10(14)9-13(12)17-2/h3-4,9,11,15H,5-8H2,1-2H3. The molecule has 0 atom stereocenters. The normalized spacial score (nSPS) is 18.1. The average molecular weight is 255 g/mol. The summed E-state index contributed by atoms with van der Waals surface area (Å²) in [4.78, 5) is 2.36. The Kier molecular flexibility index (Phi) is 4.13. The van der Waals surface area contributed by atoms with Crippen molar-refractivity contribution in [3.8, 4) is 5.75 Å². The predicted octanol–water partition coefficient (Wildman–Crippen LogP) is 2.85. The number of piperidine rings is 1. The Balaban J connectivity index is 2.03. The van der Waals surface area contributed by atoms with E-state index in [9.17, 15) is 0 Å². The highest BCUT2D eigenvalue weighted by Gasteiger charge is 2.17. The van der Waals surface area contributed by atoms with Crippen molar-refractivity contribution in [2.45, 2.75) is 18.9 Å². The van der Waals surface area contributed by atoms with E-state index >= 15 is 0 Å². The Morgan fingerprint density at radius 1 is 1.35 bits per heavy atom. The van der Waals surface area contributed by atoms with Gasteiger partial charge in [0.05, 0.1) is 12.8 Å². The third kappa shape index (κ3) is 3.27. The van der Waals surface area contributed by atoms with E-state index in [1.807, 2.05) is 18.2 Å². The number of anilines is 1. The lowest BCUT2D eigenvalue weighted by Crippen LogP contribution is -2.36. The van der Waals surface area contributed by atoms with Crippen molar-refractivity contribution in [2.75, 3.05) is 32.6 Å². The molecule has 1 aliphatic heterocycles. The Labute approximate surface area is 108 Å². The van der Waals surface area contributed by atoms with Crippen LogP contribution in [-0.2, 0) is 0 Å². The number of rotatable bonds is 3. The number of likely N-dealkylation sites (tertiary alicyclic amines) is 1. The monoisotopic (exact) mass is 254 g/mol. The summed E-state index contributed by atoms with van der Waals surface area (Å²) >= 11 is 5.94. The van der Waals surface area contributed by atoms with E-state index in [0.717, 1.165) is 24.5 Å². The lowest BCUT2D eigenvalue weighted by atomic mass is 10.1. The van der Waals surface area contributed by atoms with Gasteiger partial charge in [-0.15, -0.1) is 0 Å². The van der Waals surface area contributed by atoms with Gasteiger partial charge in [0.15, 0.2) is 0 Å². The maximum absolute atomic E-state index is 5.94. The van der Waals surface area contributed by atoms with Gasteiger partial charge in [-0.3, -0.25) is 0 Å². The van der Waals surface area contributed by atoms with Crippen LogP contribution in [0.1, 0.15) is 12.8 Å². The zero-order valence-corrected chi connectivity index (χ0v) is 11.1. The second kappa shape index (κ2) is 5.61. The van der Waals surface area contributed by atoms with Crippen molar-refractivity contribution in [1.82, 2.24) is 4.90 Å². The Bertz CT molecular complexity index is 376. The third-order valence-electron chi connectivity index (χ3n) is 3.24. The fourth-order valence-corrected chi connectivity index (χ4v) is 2.32. The summed E-state index contributed by atoms with van der Waals surface area (Å²) in [5.41, 5.74) is 1.03. The minimum atomic E-state index is 0.529. The maximum atomic E-state index is 5.94. The summed E-state index contributed by atoms with van der Waals surface area (Å²) in [6.45, 7) is 2.29. The maximum Gasteiger partial charge on any atom is 0.143 e. The van der Waals surface area contributed by atoms with Gasteiger partial charge in [-0.1, -0.05) is 11.6 Å². The van der Waals surface area contributed by atoms with Crippen molar-refractivity contribution in [1.29, 1.82) is 0 Å². The van der Waals surface area contributed by atoms with Crippen LogP contribution < -0.4 is 10.1 Å². The molecule has 17 heavy (non-hydrogen) atoms. The minimum absolute atomic E-state index is 0.529.